The van der Waals surface area contributed by atoms with Crippen molar-refractivity contribution in [1.29, 1.82) is 0 Å². The summed E-state index contributed by atoms with van der Waals surface area (Å²) in [6.07, 6.45) is 0.799. The van der Waals surface area contributed by atoms with Gasteiger partial charge in [0.15, 0.2) is 0 Å². The first-order valence-electron chi connectivity index (χ1n) is 5.54. The van der Waals surface area contributed by atoms with Crippen LogP contribution in [0.4, 0.5) is 0 Å². The first kappa shape index (κ1) is 11.0. The van der Waals surface area contributed by atoms with Crippen LogP contribution in [-0.4, -0.2) is 11.5 Å². The lowest BCUT2D eigenvalue weighted by atomic mass is 9.99. The van der Waals surface area contributed by atoms with Gasteiger partial charge in [0, 0.05) is 17.1 Å². The van der Waals surface area contributed by atoms with Crippen LogP contribution in [0.2, 0.25) is 0 Å². The standard InChI is InChI=1S/C13H17N3/c1-9-8-11(12(15)6-7-14)10-4-2-3-5-13(10)16-9/h2-5,8,12H,6-7,14-15H2,1H3. The number of nitrogens with two attached hydrogens (primary N) is 2. The summed E-state index contributed by atoms with van der Waals surface area (Å²) in [5.41, 5.74) is 14.8. The van der Waals surface area contributed by atoms with Gasteiger partial charge in [-0.3, -0.25) is 4.98 Å². The minimum atomic E-state index is -0.00315. The molecule has 1 unspecified atom stereocenters. The molecule has 0 fully saturated rings. The van der Waals surface area contributed by atoms with Crippen LogP contribution in [0.5, 0.6) is 0 Å². The van der Waals surface area contributed by atoms with E-state index in [2.05, 4.69) is 17.1 Å². The number of nitrogens with zero attached hydrogens (tertiary/aromatic N) is 1. The summed E-state index contributed by atoms with van der Waals surface area (Å²) in [6, 6.07) is 10.1. The highest BCUT2D eigenvalue weighted by molar-refractivity contribution is 5.82. The van der Waals surface area contributed by atoms with Gasteiger partial charge in [-0.1, -0.05) is 18.2 Å². The van der Waals surface area contributed by atoms with Gasteiger partial charge in [-0.05, 0) is 37.6 Å². The maximum atomic E-state index is 6.13. The van der Waals surface area contributed by atoms with Crippen molar-refractivity contribution < 1.29 is 0 Å². The fourth-order valence-electron chi connectivity index (χ4n) is 1.98. The zero-order valence-electron chi connectivity index (χ0n) is 9.48. The fourth-order valence-corrected chi connectivity index (χ4v) is 1.98. The summed E-state index contributed by atoms with van der Waals surface area (Å²) < 4.78 is 0. The monoisotopic (exact) mass is 215 g/mol. The van der Waals surface area contributed by atoms with Crippen molar-refractivity contribution in [2.24, 2.45) is 11.5 Å². The summed E-state index contributed by atoms with van der Waals surface area (Å²) in [5.74, 6) is 0. The molecule has 0 aliphatic carbocycles. The summed E-state index contributed by atoms with van der Waals surface area (Å²) in [7, 11) is 0. The molecular formula is C13H17N3. The molecule has 0 spiro atoms. The Morgan fingerprint density at radius 1 is 1.31 bits per heavy atom. The van der Waals surface area contributed by atoms with E-state index in [1.165, 1.54) is 0 Å². The van der Waals surface area contributed by atoms with E-state index in [9.17, 15) is 0 Å². The van der Waals surface area contributed by atoms with E-state index >= 15 is 0 Å². The van der Waals surface area contributed by atoms with Crippen LogP contribution >= 0.6 is 0 Å². The van der Waals surface area contributed by atoms with Crippen LogP contribution in [-0.2, 0) is 0 Å². The first-order valence-corrected chi connectivity index (χ1v) is 5.54. The van der Waals surface area contributed by atoms with Gasteiger partial charge in [0.05, 0.1) is 5.52 Å². The highest BCUT2D eigenvalue weighted by atomic mass is 14.7. The molecule has 4 N–H and O–H groups in total. The van der Waals surface area contributed by atoms with E-state index < -0.39 is 0 Å². The second kappa shape index (κ2) is 4.60. The molecule has 0 saturated carbocycles. The Hall–Kier alpha value is -1.45. The van der Waals surface area contributed by atoms with Gasteiger partial charge in [-0.15, -0.1) is 0 Å². The number of aromatic nitrogens is 1. The normalized spacial score (nSPS) is 12.9. The number of rotatable bonds is 3. The van der Waals surface area contributed by atoms with Crippen molar-refractivity contribution >= 4 is 10.9 Å². The van der Waals surface area contributed by atoms with Crippen molar-refractivity contribution in [3.63, 3.8) is 0 Å². The molecule has 0 saturated heterocycles. The maximum absolute atomic E-state index is 6.13. The Balaban J connectivity index is 2.58. The van der Waals surface area contributed by atoms with Gasteiger partial charge in [0.1, 0.15) is 0 Å². The lowest BCUT2D eigenvalue weighted by molar-refractivity contribution is 0.665. The van der Waals surface area contributed by atoms with E-state index in [0.717, 1.165) is 28.6 Å². The minimum absolute atomic E-state index is 0.00315. The van der Waals surface area contributed by atoms with E-state index in [1.54, 1.807) is 0 Å². The number of aryl methyl sites for hydroxylation is 1. The number of fused-ring (bicyclic) bond motifs is 1. The molecule has 0 aliphatic rings. The Bertz CT molecular complexity index is 494. The van der Waals surface area contributed by atoms with Crippen molar-refractivity contribution in [3.05, 3.63) is 41.6 Å². The van der Waals surface area contributed by atoms with Gasteiger partial charge >= 0.3 is 0 Å². The molecule has 1 aromatic heterocycles. The molecule has 0 radical (unpaired) electrons. The molecule has 2 aromatic rings. The Morgan fingerprint density at radius 2 is 2.06 bits per heavy atom. The van der Waals surface area contributed by atoms with Gasteiger partial charge in [0.25, 0.3) is 0 Å². The Labute approximate surface area is 95.5 Å². The molecule has 3 nitrogen and oxygen atoms in total. The summed E-state index contributed by atoms with van der Waals surface area (Å²) >= 11 is 0. The van der Waals surface area contributed by atoms with E-state index in [1.807, 2.05) is 25.1 Å². The molecule has 1 aromatic carbocycles. The number of pyridine rings is 1. The highest BCUT2D eigenvalue weighted by Gasteiger charge is 2.10. The van der Waals surface area contributed by atoms with Crippen LogP contribution in [0.25, 0.3) is 10.9 Å². The molecule has 0 aliphatic heterocycles. The summed E-state index contributed by atoms with van der Waals surface area (Å²) in [4.78, 5) is 4.49. The Morgan fingerprint density at radius 3 is 2.81 bits per heavy atom. The highest BCUT2D eigenvalue weighted by Crippen LogP contribution is 2.24. The molecule has 1 heterocycles. The van der Waals surface area contributed by atoms with Crippen LogP contribution < -0.4 is 11.5 Å². The molecule has 84 valence electrons. The minimum Gasteiger partial charge on any atom is -0.330 e. The molecule has 0 amide bonds. The van der Waals surface area contributed by atoms with Crippen LogP contribution in [0, 0.1) is 6.92 Å². The quantitative estimate of drug-likeness (QED) is 0.821. The predicted molar refractivity (Wildman–Crippen MR) is 67.1 cm³/mol. The van der Waals surface area contributed by atoms with Crippen molar-refractivity contribution in [1.82, 2.24) is 4.98 Å². The van der Waals surface area contributed by atoms with Crippen LogP contribution in [0.15, 0.2) is 30.3 Å². The molecule has 3 heteroatoms. The zero-order valence-corrected chi connectivity index (χ0v) is 9.48. The Kier molecular flexibility index (Phi) is 3.17. The lowest BCUT2D eigenvalue weighted by Gasteiger charge is -2.14. The van der Waals surface area contributed by atoms with Crippen LogP contribution in [0.3, 0.4) is 0 Å². The molecule has 0 bridgehead atoms. The van der Waals surface area contributed by atoms with E-state index in [0.29, 0.717) is 6.54 Å². The molecule has 2 rings (SSSR count). The number of hydrogen-bond acceptors (Lipinski definition) is 3. The zero-order chi connectivity index (χ0) is 11.5. The predicted octanol–water partition coefficient (Wildman–Crippen LogP) is 1.89. The molecule has 1 atom stereocenters. The second-order valence-corrected chi connectivity index (χ2v) is 4.05. The van der Waals surface area contributed by atoms with Gasteiger partial charge in [0.2, 0.25) is 0 Å². The smallest absolute Gasteiger partial charge is 0.0708 e. The largest absolute Gasteiger partial charge is 0.330 e. The van der Waals surface area contributed by atoms with Crippen molar-refractivity contribution in [2.75, 3.05) is 6.54 Å². The van der Waals surface area contributed by atoms with Crippen LogP contribution in [0.1, 0.15) is 23.7 Å². The fraction of sp³-hybridized carbons (Fsp3) is 0.308. The first-order chi connectivity index (χ1) is 7.72. The SMILES string of the molecule is Cc1cc(C(N)CCN)c2ccccc2n1. The van der Waals surface area contributed by atoms with Crippen molar-refractivity contribution in [2.45, 2.75) is 19.4 Å². The maximum Gasteiger partial charge on any atom is 0.0708 e. The molecule has 16 heavy (non-hydrogen) atoms. The number of benzene rings is 1. The average molecular weight is 215 g/mol. The van der Waals surface area contributed by atoms with E-state index in [-0.39, 0.29) is 6.04 Å². The van der Waals surface area contributed by atoms with Gasteiger partial charge < -0.3 is 11.5 Å². The average Bonchev–Trinajstić information content (AvgIpc) is 2.28. The van der Waals surface area contributed by atoms with Gasteiger partial charge in [-0.25, -0.2) is 0 Å². The van der Waals surface area contributed by atoms with Gasteiger partial charge in [-0.2, -0.15) is 0 Å². The molecular weight excluding hydrogens is 198 g/mol. The number of para-hydroxylation sites is 1. The third-order valence-corrected chi connectivity index (χ3v) is 2.75. The third kappa shape index (κ3) is 2.05. The summed E-state index contributed by atoms with van der Waals surface area (Å²) in [6.45, 7) is 2.60. The second-order valence-electron chi connectivity index (χ2n) is 4.05. The third-order valence-electron chi connectivity index (χ3n) is 2.75. The lowest BCUT2D eigenvalue weighted by Crippen LogP contribution is -2.16. The van der Waals surface area contributed by atoms with E-state index in [4.69, 9.17) is 11.5 Å². The van der Waals surface area contributed by atoms with Crippen molar-refractivity contribution in [3.8, 4) is 0 Å². The topological polar surface area (TPSA) is 64.9 Å². The summed E-state index contributed by atoms with van der Waals surface area (Å²) in [5, 5.41) is 1.13. The number of hydrogen-bond donors (Lipinski definition) is 2.